The molecule has 1 rings (SSSR count). The molecule has 1 saturated heterocycles. The molecule has 0 aliphatic carbocycles. The van der Waals surface area contributed by atoms with Gasteiger partial charge in [0, 0.05) is 13.1 Å². The molecule has 0 radical (unpaired) electrons. The number of nitrogens with one attached hydrogen (secondary N) is 1. The molecule has 1 fully saturated rings. The van der Waals surface area contributed by atoms with E-state index in [0.29, 0.717) is 6.61 Å². The van der Waals surface area contributed by atoms with Gasteiger partial charge in [-0.3, -0.25) is 9.69 Å². The van der Waals surface area contributed by atoms with Gasteiger partial charge in [-0.15, -0.1) is 0 Å². The van der Waals surface area contributed by atoms with Crippen LogP contribution in [0.4, 0.5) is 0 Å². The fourth-order valence-corrected chi connectivity index (χ4v) is 2.90. The van der Waals surface area contributed by atoms with Gasteiger partial charge in [0.2, 0.25) is 0 Å². The highest BCUT2D eigenvalue weighted by molar-refractivity contribution is 5.80. The number of likely N-dealkylation sites (N-methyl/N-ethyl adjacent to an activating group) is 1. The van der Waals surface area contributed by atoms with Crippen LogP contribution in [0.2, 0.25) is 0 Å². The van der Waals surface area contributed by atoms with Crippen molar-refractivity contribution in [2.75, 3.05) is 39.4 Å². The number of carbonyl (C=O) groups is 1. The Bertz CT molecular complexity index is 333. The second-order valence-electron chi connectivity index (χ2n) is 6.57. The first-order valence-electron chi connectivity index (χ1n) is 8.11. The molecule has 21 heavy (non-hydrogen) atoms. The molecule has 0 spiro atoms. The van der Waals surface area contributed by atoms with E-state index in [0.717, 1.165) is 45.6 Å². The third-order valence-corrected chi connectivity index (χ3v) is 3.95. The summed E-state index contributed by atoms with van der Waals surface area (Å²) in [7, 11) is 0. The molecular formula is C16H32N2O3. The smallest absolute Gasteiger partial charge is 0.326 e. The van der Waals surface area contributed by atoms with Gasteiger partial charge in [-0.1, -0.05) is 6.92 Å². The third kappa shape index (κ3) is 5.93. The minimum Gasteiger partial charge on any atom is -0.465 e. The summed E-state index contributed by atoms with van der Waals surface area (Å²) in [6, 6.07) is 0. The van der Waals surface area contributed by atoms with Gasteiger partial charge in [0.05, 0.1) is 18.8 Å². The summed E-state index contributed by atoms with van der Waals surface area (Å²) in [5.41, 5.74) is -0.642. The topological polar surface area (TPSA) is 50.8 Å². The third-order valence-electron chi connectivity index (χ3n) is 3.95. The van der Waals surface area contributed by atoms with Crippen LogP contribution in [0.25, 0.3) is 0 Å². The van der Waals surface area contributed by atoms with Gasteiger partial charge < -0.3 is 14.8 Å². The lowest BCUT2D eigenvalue weighted by Crippen LogP contribution is -2.51. The van der Waals surface area contributed by atoms with Crippen molar-refractivity contribution in [3.63, 3.8) is 0 Å². The molecule has 1 atom stereocenters. The molecular weight excluding hydrogens is 268 g/mol. The highest BCUT2D eigenvalue weighted by Gasteiger charge is 2.34. The van der Waals surface area contributed by atoms with E-state index in [-0.39, 0.29) is 11.6 Å². The number of hydrogen-bond donors (Lipinski definition) is 1. The van der Waals surface area contributed by atoms with Crippen LogP contribution in [0.5, 0.6) is 0 Å². The van der Waals surface area contributed by atoms with E-state index in [2.05, 4.69) is 24.1 Å². The van der Waals surface area contributed by atoms with Gasteiger partial charge in [0.1, 0.15) is 5.54 Å². The zero-order valence-electron chi connectivity index (χ0n) is 14.3. The summed E-state index contributed by atoms with van der Waals surface area (Å²) >= 11 is 0. The average Bonchev–Trinajstić information content (AvgIpc) is 2.38. The number of nitrogens with zero attached hydrogens (tertiary/aromatic N) is 1. The van der Waals surface area contributed by atoms with Gasteiger partial charge in [-0.05, 0) is 53.6 Å². The minimum absolute atomic E-state index is 0.0651. The first kappa shape index (κ1) is 18.4. The van der Waals surface area contributed by atoms with Crippen molar-refractivity contribution in [2.24, 2.45) is 0 Å². The first-order valence-corrected chi connectivity index (χ1v) is 8.11. The fourth-order valence-electron chi connectivity index (χ4n) is 2.90. The quantitative estimate of drug-likeness (QED) is 0.693. The normalized spacial score (nSPS) is 21.8. The number of hydrogen-bond acceptors (Lipinski definition) is 5. The van der Waals surface area contributed by atoms with Crippen molar-refractivity contribution < 1.29 is 14.3 Å². The summed E-state index contributed by atoms with van der Waals surface area (Å²) in [5, 5.41) is 3.28. The molecule has 0 bridgehead atoms. The van der Waals surface area contributed by atoms with Gasteiger partial charge in [0.15, 0.2) is 0 Å². The largest absolute Gasteiger partial charge is 0.465 e. The van der Waals surface area contributed by atoms with E-state index in [1.54, 1.807) is 0 Å². The zero-order chi connectivity index (χ0) is 15.9. The molecule has 1 aliphatic rings. The maximum atomic E-state index is 12.1. The molecule has 0 aromatic rings. The molecule has 0 saturated carbocycles. The minimum atomic E-state index is -0.577. The van der Waals surface area contributed by atoms with Crippen molar-refractivity contribution in [1.82, 2.24) is 10.2 Å². The van der Waals surface area contributed by atoms with E-state index >= 15 is 0 Å². The highest BCUT2D eigenvalue weighted by Crippen LogP contribution is 2.19. The average molecular weight is 300 g/mol. The van der Waals surface area contributed by atoms with Crippen molar-refractivity contribution in [1.29, 1.82) is 0 Å². The van der Waals surface area contributed by atoms with Crippen LogP contribution in [0.1, 0.15) is 47.5 Å². The van der Waals surface area contributed by atoms with Crippen molar-refractivity contribution in [3.05, 3.63) is 0 Å². The summed E-state index contributed by atoms with van der Waals surface area (Å²) in [6.07, 6.45) is 1.76. The summed E-state index contributed by atoms with van der Waals surface area (Å²) in [5.74, 6) is -0.144. The number of rotatable bonds is 8. The van der Waals surface area contributed by atoms with Crippen LogP contribution in [-0.4, -0.2) is 61.4 Å². The predicted molar refractivity (Wildman–Crippen MR) is 84.4 cm³/mol. The lowest BCUT2D eigenvalue weighted by atomic mass is 9.95. The van der Waals surface area contributed by atoms with Crippen LogP contribution in [0.3, 0.4) is 0 Å². The van der Waals surface area contributed by atoms with Crippen LogP contribution in [-0.2, 0) is 14.3 Å². The Labute approximate surface area is 129 Å². The maximum absolute atomic E-state index is 12.1. The Kier molecular flexibility index (Phi) is 7.10. The van der Waals surface area contributed by atoms with Crippen LogP contribution in [0.15, 0.2) is 0 Å². The van der Waals surface area contributed by atoms with E-state index in [4.69, 9.17) is 9.47 Å². The highest BCUT2D eigenvalue weighted by atomic mass is 16.5. The number of carbonyl (C=O) groups excluding carboxylic acids is 1. The summed E-state index contributed by atoms with van der Waals surface area (Å²) < 4.78 is 10.9. The molecule has 0 aromatic heterocycles. The van der Waals surface area contributed by atoms with E-state index in [1.807, 2.05) is 20.8 Å². The Morgan fingerprint density at radius 3 is 2.71 bits per heavy atom. The number of morpholine rings is 1. The van der Waals surface area contributed by atoms with E-state index < -0.39 is 5.54 Å². The predicted octanol–water partition coefficient (Wildman–Crippen LogP) is 1.81. The first-order chi connectivity index (χ1) is 9.83. The molecule has 1 N–H and O–H groups in total. The Hall–Kier alpha value is -0.650. The van der Waals surface area contributed by atoms with Gasteiger partial charge in [-0.2, -0.15) is 0 Å². The molecule has 1 unspecified atom stereocenters. The number of esters is 1. The monoisotopic (exact) mass is 300 g/mol. The standard InChI is InChI=1S/C16H32N2O3/c1-6-17-16(5,14(19)20-7-2)9-8-10-18-11-12-21-15(3,4)13-18/h17H,6-13H2,1-5H3. The van der Waals surface area contributed by atoms with Crippen molar-refractivity contribution >= 4 is 5.97 Å². The second kappa shape index (κ2) is 8.11. The van der Waals surface area contributed by atoms with Gasteiger partial charge in [0.25, 0.3) is 0 Å². The van der Waals surface area contributed by atoms with Crippen molar-refractivity contribution in [3.8, 4) is 0 Å². The Morgan fingerprint density at radius 2 is 2.14 bits per heavy atom. The molecule has 0 amide bonds. The Balaban J connectivity index is 2.44. The second-order valence-corrected chi connectivity index (χ2v) is 6.57. The molecule has 1 heterocycles. The lowest BCUT2D eigenvalue weighted by Gasteiger charge is -2.38. The molecule has 1 aliphatic heterocycles. The Morgan fingerprint density at radius 1 is 1.43 bits per heavy atom. The van der Waals surface area contributed by atoms with Gasteiger partial charge >= 0.3 is 5.97 Å². The maximum Gasteiger partial charge on any atom is 0.326 e. The molecule has 0 aromatic carbocycles. The summed E-state index contributed by atoms with van der Waals surface area (Å²) in [6.45, 7) is 15.0. The van der Waals surface area contributed by atoms with Crippen LogP contribution in [0, 0.1) is 0 Å². The lowest BCUT2D eigenvalue weighted by molar-refractivity contribution is -0.151. The van der Waals surface area contributed by atoms with Crippen molar-refractivity contribution in [2.45, 2.75) is 58.6 Å². The fraction of sp³-hybridized carbons (Fsp3) is 0.938. The van der Waals surface area contributed by atoms with Crippen LogP contribution < -0.4 is 5.32 Å². The molecule has 5 heteroatoms. The molecule has 5 nitrogen and oxygen atoms in total. The van der Waals surface area contributed by atoms with E-state index in [9.17, 15) is 4.79 Å². The molecule has 124 valence electrons. The van der Waals surface area contributed by atoms with Crippen LogP contribution >= 0.6 is 0 Å². The van der Waals surface area contributed by atoms with Gasteiger partial charge in [-0.25, -0.2) is 0 Å². The SMILES string of the molecule is CCNC(C)(CCCN1CCOC(C)(C)C1)C(=O)OCC. The van der Waals surface area contributed by atoms with E-state index in [1.165, 1.54) is 0 Å². The zero-order valence-corrected chi connectivity index (χ0v) is 14.3. The summed E-state index contributed by atoms with van der Waals surface area (Å²) in [4.78, 5) is 14.5. The number of ether oxygens (including phenoxy) is 2.